The highest BCUT2D eigenvalue weighted by Gasteiger charge is 2.48. The van der Waals surface area contributed by atoms with Gasteiger partial charge in [-0.1, -0.05) is 44.2 Å². The van der Waals surface area contributed by atoms with Crippen molar-refractivity contribution in [3.05, 3.63) is 48.2 Å². The predicted octanol–water partition coefficient (Wildman–Crippen LogP) is 2.56. The van der Waals surface area contributed by atoms with Crippen molar-refractivity contribution in [1.29, 1.82) is 0 Å². The van der Waals surface area contributed by atoms with Gasteiger partial charge in [0.2, 0.25) is 5.91 Å². The summed E-state index contributed by atoms with van der Waals surface area (Å²) in [4.78, 5) is 47.4. The summed E-state index contributed by atoms with van der Waals surface area (Å²) >= 11 is 0. The molecule has 3 heterocycles. The van der Waals surface area contributed by atoms with Crippen LogP contribution in [0.3, 0.4) is 0 Å². The first kappa shape index (κ1) is 44.4. The number of likely N-dealkylation sites (N-methyl/N-ethyl adjacent to an activating group) is 2. The summed E-state index contributed by atoms with van der Waals surface area (Å²) in [7, 11) is 6.78. The number of nitrogens with one attached hydrogen (secondary N) is 1. The molecule has 0 spiro atoms. The number of fused-ring (bicyclic) bond motifs is 1. The van der Waals surface area contributed by atoms with Gasteiger partial charge in [-0.25, -0.2) is 0 Å². The standard InChI is InChI=1S/C41H62N4O10/c1-8-35(49)54-33-22-34(48)43-30(14-11-12-27-21-28-13-9-10-15-31(28)42-23-27)16-18-45(6)24-32(47)25(2)20-29(17-19-46)39(40(33)52-7)55-41-38(51)36(44(4)5)37(50)26(3)53-41/h9-13,15,19,21,23,25-26,29-30,32-33,36-41,47,50-51H,8,14,16-18,20,22,24H2,1-7H3,(H,43,48)/b12-11+/t25-,26?,29+,30?,32+,33-,36?,37-,38?,39+,40+,41+/m1/s1. The maximum Gasteiger partial charge on any atom is 0.305 e. The Morgan fingerprint density at radius 2 is 1.87 bits per heavy atom. The minimum Gasteiger partial charge on any atom is -0.459 e. The Kier molecular flexibility index (Phi) is 17.2. The third kappa shape index (κ3) is 12.3. The van der Waals surface area contributed by atoms with Crippen LogP contribution in [0.25, 0.3) is 17.0 Å². The lowest BCUT2D eigenvalue weighted by Gasteiger charge is -2.47. The topological polar surface area (TPSA) is 180 Å². The summed E-state index contributed by atoms with van der Waals surface area (Å²) in [5, 5.41) is 37.9. The summed E-state index contributed by atoms with van der Waals surface area (Å²) in [6.45, 7) is 6.13. The number of para-hydroxylation sites is 1. The van der Waals surface area contributed by atoms with E-state index in [9.17, 15) is 29.7 Å². The summed E-state index contributed by atoms with van der Waals surface area (Å²) in [5.74, 6) is -1.88. The number of aliphatic hydroxyl groups excluding tert-OH is 3. The maximum absolute atomic E-state index is 14.0. The summed E-state index contributed by atoms with van der Waals surface area (Å²) < 4.78 is 24.6. The number of carbonyl (C=O) groups excluding carboxylic acids is 3. The minimum absolute atomic E-state index is 0.0166. The van der Waals surface area contributed by atoms with Crippen LogP contribution in [0.1, 0.15) is 64.9 Å². The quantitative estimate of drug-likeness (QED) is 0.194. The maximum atomic E-state index is 14.0. The zero-order valence-electron chi connectivity index (χ0n) is 33.3. The molecule has 55 heavy (non-hydrogen) atoms. The van der Waals surface area contributed by atoms with E-state index in [0.29, 0.717) is 32.4 Å². The van der Waals surface area contributed by atoms with E-state index >= 15 is 0 Å². The summed E-state index contributed by atoms with van der Waals surface area (Å²) in [6.07, 6.45) is -0.792. The first-order valence-corrected chi connectivity index (χ1v) is 19.4. The largest absolute Gasteiger partial charge is 0.459 e. The Morgan fingerprint density at radius 3 is 2.56 bits per heavy atom. The van der Waals surface area contributed by atoms with Gasteiger partial charge in [-0.2, -0.15) is 0 Å². The number of nitrogens with zero attached hydrogens (tertiary/aromatic N) is 3. The van der Waals surface area contributed by atoms with E-state index in [2.05, 4.69) is 16.4 Å². The molecule has 1 aromatic heterocycles. The number of ether oxygens (including phenoxy) is 4. The number of hydrogen-bond donors (Lipinski definition) is 4. The minimum atomic E-state index is -1.32. The van der Waals surface area contributed by atoms with Crippen molar-refractivity contribution in [2.24, 2.45) is 11.8 Å². The zero-order chi connectivity index (χ0) is 40.2. The SMILES string of the molecule is CCC(=O)O[C@@H]1CC(=O)NC(C/C=C/c2cnc3ccccc3c2)CCN(C)C[C@H](O)[C@H](C)C[C@H](CC=O)[C@H](O[C@@H]2OC(C)[C@@H](O)C(N(C)C)C2O)[C@H]1OC. The molecule has 0 radical (unpaired) electrons. The Bertz CT molecular complexity index is 1560. The monoisotopic (exact) mass is 770 g/mol. The number of hydrogen-bond acceptors (Lipinski definition) is 13. The van der Waals surface area contributed by atoms with Crippen molar-refractivity contribution in [2.45, 2.75) is 120 Å². The Labute approximate surface area is 325 Å². The lowest BCUT2D eigenvalue weighted by Crippen LogP contribution is -2.63. The smallest absolute Gasteiger partial charge is 0.305 e. The van der Waals surface area contributed by atoms with E-state index in [1.807, 2.05) is 55.3 Å². The Balaban J connectivity index is 1.69. The van der Waals surface area contributed by atoms with Gasteiger partial charge in [0.25, 0.3) is 0 Å². The third-order valence-electron chi connectivity index (χ3n) is 10.9. The molecule has 14 heteroatoms. The lowest BCUT2D eigenvalue weighted by atomic mass is 9.82. The Hall–Kier alpha value is -3.34. The van der Waals surface area contributed by atoms with E-state index in [0.717, 1.165) is 22.8 Å². The molecule has 306 valence electrons. The second kappa shape index (κ2) is 21.3. The molecule has 0 aliphatic carbocycles. The summed E-state index contributed by atoms with van der Waals surface area (Å²) in [5.41, 5.74) is 1.83. The van der Waals surface area contributed by atoms with Crippen molar-refractivity contribution in [3.8, 4) is 0 Å². The fourth-order valence-corrected chi connectivity index (χ4v) is 7.68. The molecule has 2 aromatic rings. The van der Waals surface area contributed by atoms with Crippen molar-refractivity contribution in [3.63, 3.8) is 0 Å². The number of rotatable bonds is 11. The van der Waals surface area contributed by atoms with Crippen LogP contribution in [-0.2, 0) is 33.3 Å². The lowest BCUT2D eigenvalue weighted by molar-refractivity contribution is -0.309. The molecule has 2 saturated heterocycles. The number of pyridine rings is 1. The molecule has 12 atom stereocenters. The van der Waals surface area contributed by atoms with Crippen LogP contribution in [-0.4, -0.2) is 151 Å². The molecular weight excluding hydrogens is 708 g/mol. The van der Waals surface area contributed by atoms with Crippen molar-refractivity contribution < 1.29 is 48.7 Å². The van der Waals surface area contributed by atoms with Crippen molar-refractivity contribution >= 4 is 35.1 Å². The van der Waals surface area contributed by atoms with Gasteiger partial charge in [0.05, 0.1) is 42.4 Å². The zero-order valence-corrected chi connectivity index (χ0v) is 33.3. The highest BCUT2D eigenvalue weighted by molar-refractivity contribution is 5.80. The fraction of sp³-hybridized carbons (Fsp3) is 0.659. The number of amides is 1. The van der Waals surface area contributed by atoms with E-state index < -0.39 is 66.9 Å². The summed E-state index contributed by atoms with van der Waals surface area (Å²) in [6, 6.07) is 8.87. The highest BCUT2D eigenvalue weighted by atomic mass is 16.7. The highest BCUT2D eigenvalue weighted by Crippen LogP contribution is 2.34. The first-order chi connectivity index (χ1) is 26.3. The van der Waals surface area contributed by atoms with Gasteiger partial charge in [0.15, 0.2) is 6.29 Å². The molecule has 2 fully saturated rings. The molecule has 1 amide bonds. The van der Waals surface area contributed by atoms with Gasteiger partial charge < -0.3 is 54.2 Å². The average Bonchev–Trinajstić information content (AvgIpc) is 3.14. The molecule has 1 aromatic carbocycles. The van der Waals surface area contributed by atoms with E-state index in [-0.39, 0.29) is 37.1 Å². The van der Waals surface area contributed by atoms with Crippen LogP contribution in [0, 0.1) is 11.8 Å². The van der Waals surface area contributed by atoms with Gasteiger partial charge >= 0.3 is 5.97 Å². The predicted molar refractivity (Wildman–Crippen MR) is 208 cm³/mol. The van der Waals surface area contributed by atoms with E-state index in [1.54, 1.807) is 39.0 Å². The van der Waals surface area contributed by atoms with Crippen LogP contribution >= 0.6 is 0 Å². The molecule has 0 saturated carbocycles. The number of aldehydes is 1. The van der Waals surface area contributed by atoms with Gasteiger partial charge in [0.1, 0.15) is 24.6 Å². The number of carbonyl (C=O) groups is 3. The molecule has 4 unspecified atom stereocenters. The molecule has 0 bridgehead atoms. The number of β-amino-alcohol motifs (C(OH)–C–C–N with tert-alkyl or cyclic N) is 1. The van der Waals surface area contributed by atoms with Crippen LogP contribution in [0.4, 0.5) is 0 Å². The molecular formula is C41H62N4O10. The van der Waals surface area contributed by atoms with Crippen molar-refractivity contribution in [1.82, 2.24) is 20.1 Å². The molecule has 4 rings (SSSR count). The average molecular weight is 771 g/mol. The van der Waals surface area contributed by atoms with Crippen molar-refractivity contribution in [2.75, 3.05) is 41.3 Å². The third-order valence-corrected chi connectivity index (χ3v) is 10.9. The molecule has 2 aliphatic heterocycles. The normalized spacial score (nSPS) is 33.5. The Morgan fingerprint density at radius 1 is 1.13 bits per heavy atom. The number of aliphatic hydroxyl groups is 3. The van der Waals surface area contributed by atoms with Gasteiger partial charge in [-0.05, 0) is 83.4 Å². The van der Waals surface area contributed by atoms with Crippen LogP contribution in [0.15, 0.2) is 42.6 Å². The number of benzene rings is 1. The molecule has 2 aliphatic rings. The van der Waals surface area contributed by atoms with Crippen LogP contribution < -0.4 is 5.32 Å². The number of esters is 1. The number of methoxy groups -OCH3 is 1. The molecule has 14 nitrogen and oxygen atoms in total. The van der Waals surface area contributed by atoms with Crippen LogP contribution in [0.2, 0.25) is 0 Å². The second-order valence-electron chi connectivity index (χ2n) is 15.4. The van der Waals surface area contributed by atoms with Gasteiger partial charge in [-0.15, -0.1) is 0 Å². The number of aromatic nitrogens is 1. The van der Waals surface area contributed by atoms with Gasteiger partial charge in [-0.3, -0.25) is 14.6 Å². The molecule has 4 N–H and O–H groups in total. The fourth-order valence-electron chi connectivity index (χ4n) is 7.68. The second-order valence-corrected chi connectivity index (χ2v) is 15.4. The van der Waals surface area contributed by atoms with Gasteiger partial charge in [0, 0.05) is 44.1 Å². The van der Waals surface area contributed by atoms with E-state index in [1.165, 1.54) is 7.11 Å². The van der Waals surface area contributed by atoms with Crippen LogP contribution in [0.5, 0.6) is 0 Å². The first-order valence-electron chi connectivity index (χ1n) is 19.4. The van der Waals surface area contributed by atoms with E-state index in [4.69, 9.17) is 18.9 Å².